The van der Waals surface area contributed by atoms with Crippen molar-refractivity contribution < 1.29 is 4.74 Å². The number of nitrogens with zero attached hydrogens (tertiary/aromatic N) is 3. The van der Waals surface area contributed by atoms with Crippen LogP contribution in [0.1, 0.15) is 32.6 Å². The molecule has 1 fully saturated rings. The predicted octanol–water partition coefficient (Wildman–Crippen LogP) is 3.32. The van der Waals surface area contributed by atoms with Crippen LogP contribution in [0.5, 0.6) is 5.88 Å². The highest BCUT2D eigenvalue weighted by Crippen LogP contribution is 2.30. The summed E-state index contributed by atoms with van der Waals surface area (Å²) in [6, 6.07) is 0. The summed E-state index contributed by atoms with van der Waals surface area (Å²) in [5, 5.41) is 0. The summed E-state index contributed by atoms with van der Waals surface area (Å²) >= 11 is 5.44. The van der Waals surface area contributed by atoms with Crippen LogP contribution >= 0.6 is 12.2 Å². The summed E-state index contributed by atoms with van der Waals surface area (Å²) in [4.78, 5) is 11.7. The third-order valence-corrected chi connectivity index (χ3v) is 4.62. The topological polar surface area (TPSA) is 55.7 Å². The molecule has 108 valence electrons. The summed E-state index contributed by atoms with van der Waals surface area (Å²) in [5.41, 5.74) is 1.64. The fourth-order valence-corrected chi connectivity index (χ4v) is 3.30. The van der Waals surface area contributed by atoms with Crippen LogP contribution in [0.25, 0.3) is 11.2 Å². The van der Waals surface area contributed by atoms with E-state index in [9.17, 15) is 0 Å². The third-order valence-electron chi connectivity index (χ3n) is 4.29. The Balaban J connectivity index is 1.92. The van der Waals surface area contributed by atoms with Crippen LogP contribution in [0.2, 0.25) is 0 Å². The van der Waals surface area contributed by atoms with Crippen molar-refractivity contribution in [2.75, 3.05) is 7.11 Å². The molecule has 2 heterocycles. The van der Waals surface area contributed by atoms with E-state index in [-0.39, 0.29) is 0 Å². The molecule has 1 N–H and O–H groups in total. The highest BCUT2D eigenvalue weighted by molar-refractivity contribution is 7.71. The monoisotopic (exact) mass is 292 g/mol. The molecule has 0 aliphatic heterocycles. The number of rotatable bonds is 3. The average molecular weight is 292 g/mol. The summed E-state index contributed by atoms with van der Waals surface area (Å²) in [7, 11) is 1.61. The zero-order valence-corrected chi connectivity index (χ0v) is 12.7. The Bertz CT molecular complexity index is 655. The van der Waals surface area contributed by atoms with E-state index in [2.05, 4.69) is 26.4 Å². The first kappa shape index (κ1) is 13.5. The molecular formula is C14H20N4OS. The van der Waals surface area contributed by atoms with E-state index in [1.54, 1.807) is 7.11 Å². The minimum atomic E-state index is 0.553. The van der Waals surface area contributed by atoms with Gasteiger partial charge in [0.1, 0.15) is 11.8 Å². The maximum absolute atomic E-state index is 5.44. The van der Waals surface area contributed by atoms with E-state index < -0.39 is 0 Å². The molecule has 0 bridgehead atoms. The second kappa shape index (κ2) is 5.52. The van der Waals surface area contributed by atoms with Gasteiger partial charge < -0.3 is 14.3 Å². The van der Waals surface area contributed by atoms with Crippen LogP contribution in [0.3, 0.4) is 0 Å². The summed E-state index contributed by atoms with van der Waals surface area (Å²) in [6.45, 7) is 3.28. The molecule has 0 saturated heterocycles. The SMILES string of the molecule is COc1ncnc2c1[nH]c(=S)n2CC1CCC(C)CC1. The van der Waals surface area contributed by atoms with Gasteiger partial charge in [-0.15, -0.1) is 0 Å². The Morgan fingerprint density at radius 1 is 1.35 bits per heavy atom. The van der Waals surface area contributed by atoms with E-state index in [4.69, 9.17) is 17.0 Å². The van der Waals surface area contributed by atoms with Gasteiger partial charge in [-0.2, -0.15) is 4.98 Å². The zero-order valence-electron chi connectivity index (χ0n) is 11.9. The number of aromatic nitrogens is 4. The van der Waals surface area contributed by atoms with Gasteiger partial charge in [0, 0.05) is 6.54 Å². The molecule has 0 amide bonds. The minimum absolute atomic E-state index is 0.553. The smallest absolute Gasteiger partial charge is 0.242 e. The van der Waals surface area contributed by atoms with E-state index >= 15 is 0 Å². The van der Waals surface area contributed by atoms with Gasteiger partial charge in [-0.25, -0.2) is 4.98 Å². The highest BCUT2D eigenvalue weighted by atomic mass is 32.1. The second-order valence-electron chi connectivity index (χ2n) is 5.75. The molecule has 3 rings (SSSR count). The summed E-state index contributed by atoms with van der Waals surface area (Å²) < 4.78 is 8.06. The molecule has 1 aliphatic rings. The van der Waals surface area contributed by atoms with Crippen LogP contribution in [0, 0.1) is 16.6 Å². The van der Waals surface area contributed by atoms with Crippen molar-refractivity contribution in [1.82, 2.24) is 19.5 Å². The Labute approximate surface area is 123 Å². The van der Waals surface area contributed by atoms with E-state index in [0.717, 1.165) is 23.6 Å². The molecule has 0 aromatic carbocycles. The van der Waals surface area contributed by atoms with Gasteiger partial charge >= 0.3 is 0 Å². The van der Waals surface area contributed by atoms with Crippen LogP contribution in [0.4, 0.5) is 0 Å². The molecule has 6 heteroatoms. The largest absolute Gasteiger partial charge is 0.479 e. The summed E-state index contributed by atoms with van der Waals surface area (Å²) in [6.07, 6.45) is 6.72. The molecule has 2 aromatic heterocycles. The number of nitrogens with one attached hydrogen (secondary N) is 1. The lowest BCUT2D eigenvalue weighted by molar-refractivity contribution is 0.265. The van der Waals surface area contributed by atoms with Gasteiger partial charge in [0.25, 0.3) is 0 Å². The lowest BCUT2D eigenvalue weighted by Gasteiger charge is -2.26. The molecule has 5 nitrogen and oxygen atoms in total. The molecule has 1 aliphatic carbocycles. The van der Waals surface area contributed by atoms with Crippen LogP contribution in [-0.2, 0) is 6.54 Å². The molecule has 20 heavy (non-hydrogen) atoms. The van der Waals surface area contributed by atoms with Crippen LogP contribution in [0.15, 0.2) is 6.33 Å². The number of methoxy groups -OCH3 is 1. The maximum Gasteiger partial charge on any atom is 0.242 e. The fourth-order valence-electron chi connectivity index (χ4n) is 3.04. The van der Waals surface area contributed by atoms with Crippen molar-refractivity contribution in [2.24, 2.45) is 11.8 Å². The number of ether oxygens (including phenoxy) is 1. The first-order valence-electron chi connectivity index (χ1n) is 7.16. The van der Waals surface area contributed by atoms with Gasteiger partial charge in [0.05, 0.1) is 7.11 Å². The van der Waals surface area contributed by atoms with Crippen molar-refractivity contribution in [2.45, 2.75) is 39.2 Å². The van der Waals surface area contributed by atoms with E-state index in [0.29, 0.717) is 16.6 Å². The normalized spacial score (nSPS) is 23.1. The molecule has 0 spiro atoms. The average Bonchev–Trinajstić information content (AvgIpc) is 2.77. The molecular weight excluding hydrogens is 272 g/mol. The lowest BCUT2D eigenvalue weighted by Crippen LogP contribution is -2.18. The predicted molar refractivity (Wildman–Crippen MR) is 80.4 cm³/mol. The number of fused-ring (bicyclic) bond motifs is 1. The van der Waals surface area contributed by atoms with Crippen molar-refractivity contribution in [1.29, 1.82) is 0 Å². The van der Waals surface area contributed by atoms with Gasteiger partial charge in [-0.3, -0.25) is 0 Å². The molecule has 2 aromatic rings. The van der Waals surface area contributed by atoms with E-state index in [1.165, 1.54) is 32.0 Å². The minimum Gasteiger partial charge on any atom is -0.479 e. The van der Waals surface area contributed by atoms with Crippen molar-refractivity contribution in [3.05, 3.63) is 11.1 Å². The van der Waals surface area contributed by atoms with E-state index in [1.807, 2.05) is 0 Å². The second-order valence-corrected chi connectivity index (χ2v) is 6.13. The first-order chi connectivity index (χ1) is 9.69. The van der Waals surface area contributed by atoms with Gasteiger partial charge in [0.15, 0.2) is 10.4 Å². The number of imidazole rings is 1. The number of H-pyrrole nitrogens is 1. The zero-order chi connectivity index (χ0) is 14.1. The van der Waals surface area contributed by atoms with Crippen molar-refractivity contribution in [3.8, 4) is 5.88 Å². The van der Waals surface area contributed by atoms with Crippen molar-refractivity contribution in [3.63, 3.8) is 0 Å². The van der Waals surface area contributed by atoms with Gasteiger partial charge in [-0.05, 0) is 36.9 Å². The standard InChI is InChI=1S/C14H20N4OS/c1-9-3-5-10(6-4-9)7-18-12-11(17-14(18)20)13(19-2)16-8-15-12/h8-10H,3-7H2,1-2H3,(H,17,20). The maximum atomic E-state index is 5.44. The quantitative estimate of drug-likeness (QED) is 0.882. The molecule has 0 radical (unpaired) electrons. The lowest BCUT2D eigenvalue weighted by atomic mass is 9.83. The van der Waals surface area contributed by atoms with Crippen LogP contribution in [-0.4, -0.2) is 26.6 Å². The fraction of sp³-hybridized carbons (Fsp3) is 0.643. The Morgan fingerprint density at radius 3 is 2.80 bits per heavy atom. The number of hydrogen-bond donors (Lipinski definition) is 1. The molecule has 0 atom stereocenters. The summed E-state index contributed by atoms with van der Waals surface area (Å²) in [5.74, 6) is 2.11. The third kappa shape index (κ3) is 2.44. The number of aromatic amines is 1. The van der Waals surface area contributed by atoms with Crippen molar-refractivity contribution >= 4 is 23.4 Å². The Hall–Kier alpha value is -1.43. The highest BCUT2D eigenvalue weighted by Gasteiger charge is 2.20. The van der Waals surface area contributed by atoms with Gasteiger partial charge in [0.2, 0.25) is 5.88 Å². The Kier molecular flexibility index (Phi) is 3.74. The molecule has 0 unspecified atom stereocenters. The Morgan fingerprint density at radius 2 is 2.10 bits per heavy atom. The van der Waals surface area contributed by atoms with Crippen LogP contribution < -0.4 is 4.74 Å². The number of hydrogen-bond acceptors (Lipinski definition) is 4. The van der Waals surface area contributed by atoms with Gasteiger partial charge in [-0.1, -0.05) is 19.8 Å². The first-order valence-corrected chi connectivity index (χ1v) is 7.57. The molecule has 1 saturated carbocycles.